The molecule has 0 heterocycles. The molecule has 0 aromatic heterocycles. The van der Waals surface area contributed by atoms with Gasteiger partial charge in [-0.25, -0.2) is 4.79 Å². The van der Waals surface area contributed by atoms with Gasteiger partial charge in [-0.15, -0.1) is 0 Å². The van der Waals surface area contributed by atoms with Gasteiger partial charge in [0.15, 0.2) is 0 Å². The van der Waals surface area contributed by atoms with Crippen LogP contribution in [-0.4, -0.2) is 37.0 Å². The molecule has 3 N–H and O–H groups in total. The normalized spacial score (nSPS) is 13.2. The predicted molar refractivity (Wildman–Crippen MR) is 159 cm³/mol. The minimum atomic E-state index is -0.598. The molecule has 7 heteroatoms. The van der Waals surface area contributed by atoms with Crippen LogP contribution in [0.4, 0.5) is 4.79 Å². The van der Waals surface area contributed by atoms with E-state index in [1.165, 1.54) is 44.9 Å². The Morgan fingerprint density at radius 1 is 0.744 bits per heavy atom. The van der Waals surface area contributed by atoms with E-state index in [2.05, 4.69) is 29.8 Å². The fraction of sp³-hybridized carbons (Fsp3) is 0.719. The summed E-state index contributed by atoms with van der Waals surface area (Å²) in [5, 5.41) is 8.79. The minimum Gasteiger partial charge on any atom is -0.445 e. The van der Waals surface area contributed by atoms with Crippen LogP contribution < -0.4 is 16.0 Å². The van der Waals surface area contributed by atoms with Gasteiger partial charge in [0.2, 0.25) is 11.8 Å². The molecule has 1 aromatic carbocycles. The zero-order valence-corrected chi connectivity index (χ0v) is 25.1. The first kappa shape index (κ1) is 34.5. The van der Waals surface area contributed by atoms with Gasteiger partial charge >= 0.3 is 6.09 Å². The molecule has 0 aliphatic heterocycles. The van der Waals surface area contributed by atoms with Crippen molar-refractivity contribution in [3.8, 4) is 0 Å². The Morgan fingerprint density at radius 2 is 1.28 bits per heavy atom. The zero-order chi connectivity index (χ0) is 28.7. The molecule has 3 amide bonds. The molecule has 0 aliphatic rings. The Hall–Kier alpha value is -2.57. The maximum absolute atomic E-state index is 12.7. The number of nitrogens with one attached hydrogen (secondary N) is 3. The highest BCUT2D eigenvalue weighted by Crippen LogP contribution is 2.12. The second-order valence-corrected chi connectivity index (χ2v) is 11.0. The summed E-state index contributed by atoms with van der Waals surface area (Å²) >= 11 is 0. The summed E-state index contributed by atoms with van der Waals surface area (Å²) in [6.45, 7) is 9.83. The van der Waals surface area contributed by atoms with Crippen molar-refractivity contribution >= 4 is 17.9 Å². The quantitative estimate of drug-likeness (QED) is 0.138. The summed E-state index contributed by atoms with van der Waals surface area (Å²) in [4.78, 5) is 36.8. The highest BCUT2D eigenvalue weighted by molar-refractivity contribution is 5.85. The smallest absolute Gasteiger partial charge is 0.408 e. The summed E-state index contributed by atoms with van der Waals surface area (Å²) < 4.78 is 5.30. The predicted octanol–water partition coefficient (Wildman–Crippen LogP) is 6.90. The van der Waals surface area contributed by atoms with Gasteiger partial charge in [0, 0.05) is 19.5 Å². The van der Waals surface area contributed by atoms with Crippen molar-refractivity contribution in [2.24, 2.45) is 11.8 Å². The third-order valence-electron chi connectivity index (χ3n) is 7.44. The van der Waals surface area contributed by atoms with Crippen molar-refractivity contribution in [1.29, 1.82) is 0 Å². The Morgan fingerprint density at radius 3 is 1.82 bits per heavy atom. The molecule has 1 aromatic rings. The maximum Gasteiger partial charge on any atom is 0.408 e. The summed E-state index contributed by atoms with van der Waals surface area (Å²) in [7, 11) is 0. The first-order chi connectivity index (χ1) is 18.9. The lowest BCUT2D eigenvalue weighted by atomic mass is 9.98. The van der Waals surface area contributed by atoms with E-state index in [1.807, 2.05) is 44.2 Å². The Bertz CT molecular complexity index is 787. The third kappa shape index (κ3) is 17.6. The van der Waals surface area contributed by atoms with E-state index in [9.17, 15) is 14.4 Å². The SMILES string of the molecule is CCC(C)CC(=O)NCCCCCCCCCCCCNC(=O)C(NC(=O)OCc1ccccc1)C(C)CC. The van der Waals surface area contributed by atoms with Crippen molar-refractivity contribution in [1.82, 2.24) is 16.0 Å². The Balaban J connectivity index is 2.05. The van der Waals surface area contributed by atoms with Crippen LogP contribution in [0.1, 0.15) is 117 Å². The lowest BCUT2D eigenvalue weighted by molar-refractivity contribution is -0.124. The van der Waals surface area contributed by atoms with Gasteiger partial charge in [-0.2, -0.15) is 0 Å². The highest BCUT2D eigenvalue weighted by atomic mass is 16.5. The molecular formula is C32H55N3O4. The number of carbonyl (C=O) groups is 3. The molecule has 0 saturated heterocycles. The van der Waals surface area contributed by atoms with E-state index >= 15 is 0 Å². The standard InChI is InChI=1S/C32H55N3O4/c1-5-26(3)24-29(36)33-22-18-13-11-9-7-8-10-12-14-19-23-34-31(37)30(27(4)6-2)35-32(38)39-25-28-20-16-15-17-21-28/h15-17,20-21,26-27,30H,5-14,18-19,22-25H2,1-4H3,(H,33,36)(H,34,37)(H,35,38). The van der Waals surface area contributed by atoms with Gasteiger partial charge in [-0.3, -0.25) is 9.59 Å². The van der Waals surface area contributed by atoms with E-state index in [0.29, 0.717) is 18.9 Å². The van der Waals surface area contributed by atoms with Crippen LogP contribution in [0.3, 0.4) is 0 Å². The lowest BCUT2D eigenvalue weighted by Crippen LogP contribution is -2.50. The number of carbonyl (C=O) groups excluding carboxylic acids is 3. The molecule has 3 unspecified atom stereocenters. The average molecular weight is 546 g/mol. The van der Waals surface area contributed by atoms with Gasteiger partial charge in [-0.1, -0.05) is 122 Å². The molecule has 0 fully saturated rings. The number of ether oxygens (including phenoxy) is 1. The molecule has 0 radical (unpaired) electrons. The average Bonchev–Trinajstić information content (AvgIpc) is 2.94. The largest absolute Gasteiger partial charge is 0.445 e. The summed E-state index contributed by atoms with van der Waals surface area (Å²) in [6, 6.07) is 8.90. The lowest BCUT2D eigenvalue weighted by Gasteiger charge is -2.23. The van der Waals surface area contributed by atoms with Gasteiger partial charge in [0.05, 0.1) is 0 Å². The first-order valence-corrected chi connectivity index (χ1v) is 15.4. The van der Waals surface area contributed by atoms with Crippen molar-refractivity contribution in [3.63, 3.8) is 0 Å². The van der Waals surface area contributed by atoms with Crippen LogP contribution in [0.5, 0.6) is 0 Å². The monoisotopic (exact) mass is 545 g/mol. The number of hydrogen-bond donors (Lipinski definition) is 3. The number of hydrogen-bond acceptors (Lipinski definition) is 4. The van der Waals surface area contributed by atoms with Gasteiger partial charge in [0.1, 0.15) is 12.6 Å². The number of rotatable bonds is 22. The summed E-state index contributed by atoms with van der Waals surface area (Å²) in [5.41, 5.74) is 0.909. The van der Waals surface area contributed by atoms with Crippen LogP contribution in [0, 0.1) is 11.8 Å². The van der Waals surface area contributed by atoms with Crippen molar-refractivity contribution < 1.29 is 19.1 Å². The fourth-order valence-corrected chi connectivity index (χ4v) is 4.34. The number of benzene rings is 1. The van der Waals surface area contributed by atoms with Crippen molar-refractivity contribution in [2.45, 2.75) is 124 Å². The Labute approximate surface area is 237 Å². The number of alkyl carbamates (subject to hydrolysis) is 1. The molecule has 0 aliphatic carbocycles. The number of unbranched alkanes of at least 4 members (excludes halogenated alkanes) is 9. The summed E-state index contributed by atoms with van der Waals surface area (Å²) in [6.07, 6.45) is 13.6. The van der Waals surface area contributed by atoms with Crippen LogP contribution in [0.2, 0.25) is 0 Å². The topological polar surface area (TPSA) is 96.5 Å². The van der Waals surface area contributed by atoms with E-state index in [0.717, 1.165) is 44.2 Å². The molecule has 3 atom stereocenters. The van der Waals surface area contributed by atoms with Crippen LogP contribution in [0.15, 0.2) is 30.3 Å². The second kappa shape index (κ2) is 22.3. The Kier molecular flexibility index (Phi) is 19.7. The van der Waals surface area contributed by atoms with Crippen molar-refractivity contribution in [3.05, 3.63) is 35.9 Å². The molecule has 1 rings (SSSR count). The van der Waals surface area contributed by atoms with E-state index in [4.69, 9.17) is 4.74 Å². The molecule has 39 heavy (non-hydrogen) atoms. The molecule has 222 valence electrons. The number of amides is 3. The van der Waals surface area contributed by atoms with E-state index in [-0.39, 0.29) is 24.3 Å². The zero-order valence-electron chi connectivity index (χ0n) is 25.1. The second-order valence-electron chi connectivity index (χ2n) is 11.0. The fourth-order valence-electron chi connectivity index (χ4n) is 4.34. The van der Waals surface area contributed by atoms with Crippen LogP contribution in [0.25, 0.3) is 0 Å². The highest BCUT2D eigenvalue weighted by Gasteiger charge is 2.26. The third-order valence-corrected chi connectivity index (χ3v) is 7.44. The molecule has 7 nitrogen and oxygen atoms in total. The molecule has 0 spiro atoms. The van der Waals surface area contributed by atoms with Gasteiger partial charge in [-0.05, 0) is 30.2 Å². The molecule has 0 saturated carbocycles. The molecular weight excluding hydrogens is 490 g/mol. The minimum absolute atomic E-state index is 0.0163. The van der Waals surface area contributed by atoms with E-state index in [1.54, 1.807) is 0 Å². The summed E-state index contributed by atoms with van der Waals surface area (Å²) in [5.74, 6) is 0.532. The van der Waals surface area contributed by atoms with Gasteiger partial charge in [0.25, 0.3) is 0 Å². The van der Waals surface area contributed by atoms with Crippen molar-refractivity contribution in [2.75, 3.05) is 13.1 Å². The molecule has 0 bridgehead atoms. The van der Waals surface area contributed by atoms with Crippen LogP contribution in [-0.2, 0) is 20.9 Å². The maximum atomic E-state index is 12.7. The first-order valence-electron chi connectivity index (χ1n) is 15.4. The van der Waals surface area contributed by atoms with E-state index < -0.39 is 12.1 Å². The van der Waals surface area contributed by atoms with Gasteiger partial charge < -0.3 is 20.7 Å². The van der Waals surface area contributed by atoms with Crippen LogP contribution >= 0.6 is 0 Å².